The second-order valence-electron chi connectivity index (χ2n) is 4.70. The molecule has 2 fully saturated rings. The molecule has 2 saturated heterocycles. The van der Waals surface area contributed by atoms with Gasteiger partial charge in [-0.3, -0.25) is 0 Å². The largest absolute Gasteiger partial charge is 0.396 e. The lowest BCUT2D eigenvalue weighted by Gasteiger charge is -2.31. The zero-order valence-electron chi connectivity index (χ0n) is 9.28. The fraction of sp³-hybridized carbons (Fsp3) is 1.00. The van der Waals surface area contributed by atoms with Crippen LogP contribution in [-0.4, -0.2) is 62.7 Å². The van der Waals surface area contributed by atoms with Gasteiger partial charge in [0.15, 0.2) is 0 Å². The maximum atomic E-state index is 9.48. The Morgan fingerprint density at radius 3 is 2.80 bits per heavy atom. The third kappa shape index (κ3) is 2.91. The SMILES string of the molecule is OCC1(CN2CCCOCC2)CCOC1. The molecule has 4 nitrogen and oxygen atoms in total. The number of nitrogens with zero attached hydrogens (tertiary/aromatic N) is 1. The van der Waals surface area contributed by atoms with Crippen LogP contribution in [0.4, 0.5) is 0 Å². The molecule has 0 spiro atoms. The molecule has 0 saturated carbocycles. The second kappa shape index (κ2) is 5.25. The van der Waals surface area contributed by atoms with Crippen LogP contribution in [0.2, 0.25) is 0 Å². The lowest BCUT2D eigenvalue weighted by atomic mass is 9.87. The Morgan fingerprint density at radius 2 is 2.07 bits per heavy atom. The summed E-state index contributed by atoms with van der Waals surface area (Å²) in [5, 5.41) is 9.48. The molecular formula is C11H21NO3. The lowest BCUT2D eigenvalue weighted by Crippen LogP contribution is -2.41. The molecule has 2 rings (SSSR count). The molecule has 2 heterocycles. The average molecular weight is 215 g/mol. The quantitative estimate of drug-likeness (QED) is 0.725. The Bertz CT molecular complexity index is 184. The van der Waals surface area contributed by atoms with Crippen molar-refractivity contribution in [1.82, 2.24) is 4.90 Å². The van der Waals surface area contributed by atoms with Crippen molar-refractivity contribution < 1.29 is 14.6 Å². The standard InChI is InChI=1S/C11H21NO3/c13-9-11(2-6-15-10-11)8-12-3-1-5-14-7-4-12/h13H,1-10H2. The van der Waals surface area contributed by atoms with Crippen molar-refractivity contribution in [2.75, 3.05) is 52.7 Å². The van der Waals surface area contributed by atoms with Gasteiger partial charge in [0.05, 0.1) is 19.8 Å². The Balaban J connectivity index is 1.87. The van der Waals surface area contributed by atoms with E-state index in [-0.39, 0.29) is 12.0 Å². The van der Waals surface area contributed by atoms with Crippen molar-refractivity contribution in [2.45, 2.75) is 12.8 Å². The minimum atomic E-state index is -0.00958. The van der Waals surface area contributed by atoms with Gasteiger partial charge < -0.3 is 19.5 Å². The molecule has 1 unspecified atom stereocenters. The third-order valence-electron chi connectivity index (χ3n) is 3.39. The van der Waals surface area contributed by atoms with Crippen LogP contribution in [0.15, 0.2) is 0 Å². The Hall–Kier alpha value is -0.160. The highest BCUT2D eigenvalue weighted by Gasteiger charge is 2.36. The fourth-order valence-corrected chi connectivity index (χ4v) is 2.38. The van der Waals surface area contributed by atoms with Crippen LogP contribution in [-0.2, 0) is 9.47 Å². The number of hydrogen-bond acceptors (Lipinski definition) is 4. The zero-order valence-corrected chi connectivity index (χ0v) is 9.28. The van der Waals surface area contributed by atoms with Crippen LogP contribution >= 0.6 is 0 Å². The molecule has 0 aromatic heterocycles. The topological polar surface area (TPSA) is 41.9 Å². The molecule has 1 atom stereocenters. The normalized spacial score (nSPS) is 34.2. The van der Waals surface area contributed by atoms with Crippen molar-refractivity contribution in [3.05, 3.63) is 0 Å². The molecule has 15 heavy (non-hydrogen) atoms. The molecule has 2 aliphatic rings. The highest BCUT2D eigenvalue weighted by atomic mass is 16.5. The number of ether oxygens (including phenoxy) is 2. The first-order valence-electron chi connectivity index (χ1n) is 5.83. The molecule has 0 amide bonds. The molecule has 0 aromatic rings. The van der Waals surface area contributed by atoms with Gasteiger partial charge in [0, 0.05) is 38.3 Å². The predicted octanol–water partition coefficient (Wildman–Crippen LogP) is 0.108. The summed E-state index contributed by atoms with van der Waals surface area (Å²) in [6.45, 7) is 6.47. The Morgan fingerprint density at radius 1 is 1.13 bits per heavy atom. The van der Waals surface area contributed by atoms with Gasteiger partial charge in [-0.1, -0.05) is 0 Å². The molecule has 0 aliphatic carbocycles. The van der Waals surface area contributed by atoms with E-state index in [1.165, 1.54) is 0 Å². The van der Waals surface area contributed by atoms with E-state index < -0.39 is 0 Å². The first-order chi connectivity index (χ1) is 7.35. The van der Waals surface area contributed by atoms with Crippen molar-refractivity contribution >= 4 is 0 Å². The van der Waals surface area contributed by atoms with E-state index in [1.807, 2.05) is 0 Å². The lowest BCUT2D eigenvalue weighted by molar-refractivity contribution is 0.0548. The summed E-state index contributed by atoms with van der Waals surface area (Å²) in [4.78, 5) is 2.40. The first-order valence-corrected chi connectivity index (χ1v) is 5.83. The first kappa shape index (κ1) is 11.3. The molecule has 0 radical (unpaired) electrons. The van der Waals surface area contributed by atoms with Crippen LogP contribution < -0.4 is 0 Å². The molecule has 0 bridgehead atoms. The van der Waals surface area contributed by atoms with Gasteiger partial charge in [-0.25, -0.2) is 0 Å². The fourth-order valence-electron chi connectivity index (χ4n) is 2.38. The monoisotopic (exact) mass is 215 g/mol. The summed E-state index contributed by atoms with van der Waals surface area (Å²) in [6.07, 6.45) is 2.09. The maximum Gasteiger partial charge on any atom is 0.0593 e. The van der Waals surface area contributed by atoms with Gasteiger partial charge in [-0.15, -0.1) is 0 Å². The Kier molecular flexibility index (Phi) is 3.97. The van der Waals surface area contributed by atoms with E-state index in [1.54, 1.807) is 0 Å². The summed E-state index contributed by atoms with van der Waals surface area (Å²) in [5.41, 5.74) is -0.00958. The van der Waals surface area contributed by atoms with Crippen LogP contribution in [0, 0.1) is 5.41 Å². The van der Waals surface area contributed by atoms with Crippen LogP contribution in [0.1, 0.15) is 12.8 Å². The van der Waals surface area contributed by atoms with Crippen molar-refractivity contribution in [2.24, 2.45) is 5.41 Å². The molecule has 4 heteroatoms. The summed E-state index contributed by atoms with van der Waals surface area (Å²) in [6, 6.07) is 0. The number of hydrogen-bond donors (Lipinski definition) is 1. The van der Waals surface area contributed by atoms with E-state index >= 15 is 0 Å². The highest BCUT2D eigenvalue weighted by molar-refractivity contribution is 4.86. The van der Waals surface area contributed by atoms with Gasteiger partial charge in [-0.05, 0) is 12.8 Å². The summed E-state index contributed by atoms with van der Waals surface area (Å²) >= 11 is 0. The molecule has 88 valence electrons. The summed E-state index contributed by atoms with van der Waals surface area (Å²) in [7, 11) is 0. The van der Waals surface area contributed by atoms with E-state index in [0.717, 1.165) is 52.3 Å². The molecule has 1 N–H and O–H groups in total. The minimum absolute atomic E-state index is 0.00958. The number of aliphatic hydroxyl groups excluding tert-OH is 1. The maximum absolute atomic E-state index is 9.48. The van der Waals surface area contributed by atoms with E-state index in [9.17, 15) is 5.11 Å². The Labute approximate surface area is 91.2 Å². The second-order valence-corrected chi connectivity index (χ2v) is 4.70. The minimum Gasteiger partial charge on any atom is -0.396 e. The van der Waals surface area contributed by atoms with Gasteiger partial charge in [0.2, 0.25) is 0 Å². The predicted molar refractivity (Wildman–Crippen MR) is 56.8 cm³/mol. The highest BCUT2D eigenvalue weighted by Crippen LogP contribution is 2.29. The van der Waals surface area contributed by atoms with Crippen molar-refractivity contribution in [3.8, 4) is 0 Å². The van der Waals surface area contributed by atoms with E-state index in [4.69, 9.17) is 9.47 Å². The average Bonchev–Trinajstić information content (AvgIpc) is 2.57. The van der Waals surface area contributed by atoms with Crippen molar-refractivity contribution in [3.63, 3.8) is 0 Å². The third-order valence-corrected chi connectivity index (χ3v) is 3.39. The van der Waals surface area contributed by atoms with Crippen molar-refractivity contribution in [1.29, 1.82) is 0 Å². The number of aliphatic hydroxyl groups is 1. The summed E-state index contributed by atoms with van der Waals surface area (Å²) in [5.74, 6) is 0. The van der Waals surface area contributed by atoms with Crippen LogP contribution in [0.5, 0.6) is 0 Å². The van der Waals surface area contributed by atoms with Crippen LogP contribution in [0.25, 0.3) is 0 Å². The molecular weight excluding hydrogens is 194 g/mol. The summed E-state index contributed by atoms with van der Waals surface area (Å²) < 4.78 is 10.8. The van der Waals surface area contributed by atoms with Gasteiger partial charge in [0.25, 0.3) is 0 Å². The van der Waals surface area contributed by atoms with Gasteiger partial charge in [0.1, 0.15) is 0 Å². The van der Waals surface area contributed by atoms with Gasteiger partial charge in [-0.2, -0.15) is 0 Å². The van der Waals surface area contributed by atoms with E-state index in [2.05, 4.69) is 4.90 Å². The molecule has 0 aromatic carbocycles. The molecule has 2 aliphatic heterocycles. The smallest absolute Gasteiger partial charge is 0.0593 e. The van der Waals surface area contributed by atoms with Crippen LogP contribution in [0.3, 0.4) is 0 Å². The zero-order chi connectivity index (χ0) is 10.6. The van der Waals surface area contributed by atoms with Gasteiger partial charge >= 0.3 is 0 Å². The number of rotatable bonds is 3. The van der Waals surface area contributed by atoms with E-state index in [0.29, 0.717) is 6.61 Å².